The van der Waals surface area contributed by atoms with Gasteiger partial charge < -0.3 is 19.9 Å². The largest absolute Gasteiger partial charge is 0.489 e. The lowest BCUT2D eigenvalue weighted by Gasteiger charge is -2.16. The van der Waals surface area contributed by atoms with Gasteiger partial charge in [-0.15, -0.1) is 0 Å². The SMILES string of the molecule is CC1COc2ccc(C(N)CCC3CCCO3)cc2OC1. The quantitative estimate of drug-likeness (QED) is 0.926. The van der Waals surface area contributed by atoms with Gasteiger partial charge in [0.1, 0.15) is 0 Å². The molecule has 0 amide bonds. The molecule has 3 atom stereocenters. The average molecular weight is 291 g/mol. The number of hydrogen-bond donors (Lipinski definition) is 1. The number of nitrogens with two attached hydrogens (primary N) is 1. The van der Waals surface area contributed by atoms with Gasteiger partial charge in [0.25, 0.3) is 0 Å². The molecule has 0 spiro atoms. The molecule has 116 valence electrons. The van der Waals surface area contributed by atoms with E-state index < -0.39 is 0 Å². The third-order valence-electron chi connectivity index (χ3n) is 4.27. The summed E-state index contributed by atoms with van der Waals surface area (Å²) in [5.74, 6) is 2.06. The minimum absolute atomic E-state index is 0.0313. The summed E-state index contributed by atoms with van der Waals surface area (Å²) in [6.07, 6.45) is 4.73. The first kappa shape index (κ1) is 14.7. The molecule has 3 rings (SSSR count). The van der Waals surface area contributed by atoms with Crippen molar-refractivity contribution in [1.29, 1.82) is 0 Å². The first-order chi connectivity index (χ1) is 10.2. The van der Waals surface area contributed by atoms with Crippen LogP contribution in [0.2, 0.25) is 0 Å². The van der Waals surface area contributed by atoms with Crippen molar-refractivity contribution in [3.63, 3.8) is 0 Å². The fourth-order valence-electron chi connectivity index (χ4n) is 2.90. The van der Waals surface area contributed by atoms with Crippen molar-refractivity contribution in [2.45, 2.75) is 44.8 Å². The second kappa shape index (κ2) is 6.67. The number of fused-ring (bicyclic) bond motifs is 1. The molecule has 2 N–H and O–H groups in total. The van der Waals surface area contributed by atoms with E-state index in [1.165, 1.54) is 12.8 Å². The molecule has 1 fully saturated rings. The van der Waals surface area contributed by atoms with Crippen LogP contribution < -0.4 is 15.2 Å². The first-order valence-corrected chi connectivity index (χ1v) is 7.99. The maximum absolute atomic E-state index is 6.32. The van der Waals surface area contributed by atoms with E-state index in [4.69, 9.17) is 19.9 Å². The monoisotopic (exact) mass is 291 g/mol. The van der Waals surface area contributed by atoms with Gasteiger partial charge in [0.05, 0.1) is 19.3 Å². The second-order valence-corrected chi connectivity index (χ2v) is 6.25. The predicted molar refractivity (Wildman–Crippen MR) is 81.7 cm³/mol. The zero-order valence-corrected chi connectivity index (χ0v) is 12.7. The molecule has 3 unspecified atom stereocenters. The lowest BCUT2D eigenvalue weighted by atomic mass is 9.99. The van der Waals surface area contributed by atoms with Crippen molar-refractivity contribution in [2.24, 2.45) is 11.7 Å². The van der Waals surface area contributed by atoms with Crippen LogP contribution in [0.15, 0.2) is 18.2 Å². The van der Waals surface area contributed by atoms with Gasteiger partial charge in [0, 0.05) is 18.6 Å². The summed E-state index contributed by atoms with van der Waals surface area (Å²) in [7, 11) is 0. The predicted octanol–water partition coefficient (Wildman–Crippen LogP) is 3.05. The first-order valence-electron chi connectivity index (χ1n) is 7.99. The van der Waals surface area contributed by atoms with Gasteiger partial charge in [-0.25, -0.2) is 0 Å². The Hall–Kier alpha value is -1.26. The van der Waals surface area contributed by atoms with Crippen LogP contribution in [0.5, 0.6) is 11.5 Å². The molecule has 1 saturated heterocycles. The standard InChI is InChI=1S/C17H25NO3/c1-12-10-20-16-7-4-13(9-17(16)21-11-12)15(18)6-5-14-3-2-8-19-14/h4,7,9,12,14-15H,2-3,5-6,8,10-11,18H2,1H3. The smallest absolute Gasteiger partial charge is 0.161 e. The molecular weight excluding hydrogens is 266 g/mol. The van der Waals surface area contributed by atoms with E-state index in [1.807, 2.05) is 12.1 Å². The topological polar surface area (TPSA) is 53.7 Å². The zero-order chi connectivity index (χ0) is 14.7. The van der Waals surface area contributed by atoms with Gasteiger partial charge >= 0.3 is 0 Å². The molecule has 0 bridgehead atoms. The van der Waals surface area contributed by atoms with Crippen molar-refractivity contribution >= 4 is 0 Å². The van der Waals surface area contributed by atoms with Crippen LogP contribution in [0.4, 0.5) is 0 Å². The highest BCUT2D eigenvalue weighted by Crippen LogP contribution is 2.33. The number of rotatable bonds is 4. The maximum atomic E-state index is 6.32. The van der Waals surface area contributed by atoms with Gasteiger partial charge in [-0.1, -0.05) is 13.0 Å². The van der Waals surface area contributed by atoms with Gasteiger partial charge in [0.15, 0.2) is 11.5 Å². The van der Waals surface area contributed by atoms with Crippen molar-refractivity contribution < 1.29 is 14.2 Å². The summed E-state index contributed by atoms with van der Waals surface area (Å²) < 4.78 is 17.2. The van der Waals surface area contributed by atoms with Gasteiger partial charge in [-0.2, -0.15) is 0 Å². The molecule has 0 saturated carbocycles. The van der Waals surface area contributed by atoms with Gasteiger partial charge in [-0.05, 0) is 43.4 Å². The molecule has 21 heavy (non-hydrogen) atoms. The minimum atomic E-state index is 0.0313. The van der Waals surface area contributed by atoms with Crippen LogP contribution in [0.1, 0.15) is 44.2 Å². The average Bonchev–Trinajstić information content (AvgIpc) is 2.95. The van der Waals surface area contributed by atoms with E-state index >= 15 is 0 Å². The third kappa shape index (κ3) is 3.69. The van der Waals surface area contributed by atoms with Gasteiger partial charge in [0.2, 0.25) is 0 Å². The van der Waals surface area contributed by atoms with Crippen LogP contribution in [0.25, 0.3) is 0 Å². The van der Waals surface area contributed by atoms with Crippen LogP contribution in [-0.2, 0) is 4.74 Å². The Labute approximate surface area is 126 Å². The Balaban J connectivity index is 1.62. The molecule has 4 heteroatoms. The molecule has 2 aliphatic heterocycles. The fraction of sp³-hybridized carbons (Fsp3) is 0.647. The molecule has 2 heterocycles. The van der Waals surface area contributed by atoms with Crippen LogP contribution >= 0.6 is 0 Å². The van der Waals surface area contributed by atoms with E-state index in [2.05, 4.69) is 13.0 Å². The lowest BCUT2D eigenvalue weighted by molar-refractivity contribution is 0.101. The molecule has 0 aliphatic carbocycles. The van der Waals surface area contributed by atoms with Crippen molar-refractivity contribution in [3.05, 3.63) is 23.8 Å². The molecule has 0 aromatic heterocycles. The highest BCUT2D eigenvalue weighted by molar-refractivity contribution is 5.44. The second-order valence-electron chi connectivity index (χ2n) is 6.25. The van der Waals surface area contributed by atoms with Crippen molar-refractivity contribution in [3.8, 4) is 11.5 Å². The van der Waals surface area contributed by atoms with Crippen molar-refractivity contribution in [1.82, 2.24) is 0 Å². The molecule has 1 aromatic carbocycles. The maximum Gasteiger partial charge on any atom is 0.161 e. The third-order valence-corrected chi connectivity index (χ3v) is 4.27. The molecular formula is C17H25NO3. The molecule has 1 aromatic rings. The highest BCUT2D eigenvalue weighted by atomic mass is 16.5. The van der Waals surface area contributed by atoms with Crippen LogP contribution in [0, 0.1) is 5.92 Å². The van der Waals surface area contributed by atoms with E-state index in [0.717, 1.165) is 36.5 Å². The Morgan fingerprint density at radius 3 is 2.81 bits per heavy atom. The molecule has 2 aliphatic rings. The normalized spacial score (nSPS) is 26.4. The Kier molecular flexibility index (Phi) is 4.66. The Bertz CT molecular complexity index is 471. The van der Waals surface area contributed by atoms with E-state index in [-0.39, 0.29) is 6.04 Å². The summed E-state index contributed by atoms with van der Waals surface area (Å²) >= 11 is 0. The van der Waals surface area contributed by atoms with Crippen LogP contribution in [-0.4, -0.2) is 25.9 Å². The molecule has 0 radical (unpaired) electrons. The summed E-state index contributed by atoms with van der Waals surface area (Å²) in [5.41, 5.74) is 7.44. The number of ether oxygens (including phenoxy) is 3. The van der Waals surface area contributed by atoms with Crippen LogP contribution in [0.3, 0.4) is 0 Å². The van der Waals surface area contributed by atoms with E-state index in [1.54, 1.807) is 0 Å². The lowest BCUT2D eigenvalue weighted by Crippen LogP contribution is -2.14. The summed E-state index contributed by atoms with van der Waals surface area (Å²) in [5, 5.41) is 0. The summed E-state index contributed by atoms with van der Waals surface area (Å²) in [4.78, 5) is 0. The number of hydrogen-bond acceptors (Lipinski definition) is 4. The fourth-order valence-corrected chi connectivity index (χ4v) is 2.90. The Morgan fingerprint density at radius 1 is 1.24 bits per heavy atom. The van der Waals surface area contributed by atoms with E-state index in [9.17, 15) is 0 Å². The molecule has 4 nitrogen and oxygen atoms in total. The van der Waals surface area contributed by atoms with Gasteiger partial charge in [-0.3, -0.25) is 0 Å². The Morgan fingerprint density at radius 2 is 2.05 bits per heavy atom. The zero-order valence-electron chi connectivity index (χ0n) is 12.7. The summed E-state index contributed by atoms with van der Waals surface area (Å²) in [6.45, 7) is 4.43. The van der Waals surface area contributed by atoms with Crippen molar-refractivity contribution in [2.75, 3.05) is 19.8 Å². The minimum Gasteiger partial charge on any atom is -0.489 e. The van der Waals surface area contributed by atoms with E-state index in [0.29, 0.717) is 25.2 Å². The summed E-state index contributed by atoms with van der Waals surface area (Å²) in [6, 6.07) is 6.10. The highest BCUT2D eigenvalue weighted by Gasteiger charge is 2.19. The number of benzene rings is 1.